The fraction of sp³-hybridized carbons (Fsp3) is 0.500. The summed E-state index contributed by atoms with van der Waals surface area (Å²) >= 11 is 0. The van der Waals surface area contributed by atoms with E-state index in [0.717, 1.165) is 31.5 Å². The fourth-order valence-corrected chi connectivity index (χ4v) is 2.47. The molecule has 2 N–H and O–H groups in total. The first kappa shape index (κ1) is 13.2. The van der Waals surface area contributed by atoms with E-state index in [1.54, 1.807) is 0 Å². The van der Waals surface area contributed by atoms with E-state index < -0.39 is 0 Å². The Labute approximate surface area is 114 Å². The van der Waals surface area contributed by atoms with Crippen molar-refractivity contribution in [3.63, 3.8) is 0 Å². The van der Waals surface area contributed by atoms with Gasteiger partial charge in [-0.3, -0.25) is 4.79 Å². The molecule has 0 aromatic heterocycles. The Kier molecular flexibility index (Phi) is 4.12. The summed E-state index contributed by atoms with van der Waals surface area (Å²) < 4.78 is 0. The van der Waals surface area contributed by atoms with E-state index in [2.05, 4.69) is 22.8 Å². The normalized spacial score (nSPS) is 17.8. The highest BCUT2D eigenvalue weighted by molar-refractivity contribution is 5.93. The molecule has 3 rings (SSSR count). The summed E-state index contributed by atoms with van der Waals surface area (Å²) in [6.45, 7) is 1.06. The minimum absolute atomic E-state index is 0. The molecule has 0 saturated heterocycles. The minimum Gasteiger partial charge on any atom is -0.385 e. The Morgan fingerprint density at radius 3 is 2.83 bits per heavy atom. The second kappa shape index (κ2) is 5.61. The number of rotatable bonds is 2. The number of nitrogens with one attached hydrogen (secondary N) is 2. The van der Waals surface area contributed by atoms with Crippen molar-refractivity contribution in [1.29, 1.82) is 0 Å². The Hall–Kier alpha value is -1.22. The number of aryl methyl sites for hydroxylation is 1. The summed E-state index contributed by atoms with van der Waals surface area (Å²) in [6, 6.07) is 6.18. The van der Waals surface area contributed by atoms with Crippen LogP contribution in [0.4, 0.5) is 11.4 Å². The molecule has 98 valence electrons. The van der Waals surface area contributed by atoms with Crippen LogP contribution in [0.1, 0.15) is 31.2 Å². The predicted molar refractivity (Wildman–Crippen MR) is 76.5 cm³/mol. The fourth-order valence-electron chi connectivity index (χ4n) is 2.47. The third kappa shape index (κ3) is 2.61. The van der Waals surface area contributed by atoms with Crippen LogP contribution in [0.5, 0.6) is 0 Å². The van der Waals surface area contributed by atoms with Gasteiger partial charge < -0.3 is 10.6 Å². The number of carbonyl (C=O) groups is 1. The van der Waals surface area contributed by atoms with Crippen molar-refractivity contribution in [2.75, 3.05) is 17.2 Å². The molecule has 0 bridgehead atoms. The highest BCUT2D eigenvalue weighted by atomic mass is 35.5. The predicted octanol–water partition coefficient (Wildman–Crippen LogP) is 3.21. The molecule has 4 heteroatoms. The highest BCUT2D eigenvalue weighted by Gasteiger charge is 2.25. The zero-order chi connectivity index (χ0) is 11.7. The third-order valence-corrected chi connectivity index (χ3v) is 3.79. The number of halogens is 1. The van der Waals surface area contributed by atoms with Gasteiger partial charge in [0.25, 0.3) is 0 Å². The maximum absolute atomic E-state index is 11.8. The van der Waals surface area contributed by atoms with E-state index in [0.29, 0.717) is 0 Å². The number of carbonyl (C=O) groups excluding carboxylic acids is 1. The number of hydrogen-bond acceptors (Lipinski definition) is 2. The van der Waals surface area contributed by atoms with Crippen LogP contribution in [-0.4, -0.2) is 12.5 Å². The average molecular weight is 267 g/mol. The van der Waals surface area contributed by atoms with Crippen molar-refractivity contribution in [1.82, 2.24) is 0 Å². The van der Waals surface area contributed by atoms with Crippen LogP contribution < -0.4 is 10.6 Å². The van der Waals surface area contributed by atoms with Crippen LogP contribution in [0.25, 0.3) is 0 Å². The summed E-state index contributed by atoms with van der Waals surface area (Å²) in [6.07, 6.45) is 5.59. The molecule has 2 aliphatic rings. The van der Waals surface area contributed by atoms with Gasteiger partial charge in [-0.2, -0.15) is 0 Å². The van der Waals surface area contributed by atoms with Gasteiger partial charge in [-0.1, -0.05) is 6.42 Å². The van der Waals surface area contributed by atoms with E-state index in [1.807, 2.05) is 6.07 Å². The SMILES string of the molecule is Cl.O=C(Nc1ccc2c(c1)CCCN2)C1CCC1. The minimum atomic E-state index is 0. The second-order valence-corrected chi connectivity index (χ2v) is 5.02. The molecule has 1 aliphatic carbocycles. The number of hydrogen-bond donors (Lipinski definition) is 2. The molecule has 0 atom stereocenters. The Balaban J connectivity index is 0.00000120. The first-order valence-electron chi connectivity index (χ1n) is 6.50. The first-order valence-corrected chi connectivity index (χ1v) is 6.50. The lowest BCUT2D eigenvalue weighted by Gasteiger charge is -2.24. The summed E-state index contributed by atoms with van der Waals surface area (Å²) in [5.41, 5.74) is 3.49. The van der Waals surface area contributed by atoms with Gasteiger partial charge in [0, 0.05) is 23.8 Å². The Morgan fingerprint density at radius 1 is 1.28 bits per heavy atom. The summed E-state index contributed by atoms with van der Waals surface area (Å²) in [5.74, 6) is 0.448. The number of amides is 1. The van der Waals surface area contributed by atoms with E-state index in [-0.39, 0.29) is 24.2 Å². The lowest BCUT2D eigenvalue weighted by molar-refractivity contribution is -0.122. The first-order chi connectivity index (χ1) is 8.33. The largest absolute Gasteiger partial charge is 0.385 e. The van der Waals surface area contributed by atoms with Gasteiger partial charge in [0.15, 0.2) is 0 Å². The van der Waals surface area contributed by atoms with E-state index in [1.165, 1.54) is 24.1 Å². The van der Waals surface area contributed by atoms with Crippen molar-refractivity contribution in [2.24, 2.45) is 5.92 Å². The lowest BCUT2D eigenvalue weighted by Crippen LogP contribution is -2.28. The smallest absolute Gasteiger partial charge is 0.227 e. The third-order valence-electron chi connectivity index (χ3n) is 3.79. The summed E-state index contributed by atoms with van der Waals surface area (Å²) in [5, 5.41) is 6.40. The maximum Gasteiger partial charge on any atom is 0.227 e. The van der Waals surface area contributed by atoms with Crippen molar-refractivity contribution in [3.8, 4) is 0 Å². The molecule has 3 nitrogen and oxygen atoms in total. The van der Waals surface area contributed by atoms with Gasteiger partial charge in [0.2, 0.25) is 5.91 Å². The number of anilines is 2. The van der Waals surface area contributed by atoms with Crippen LogP contribution in [0.3, 0.4) is 0 Å². The molecule has 0 spiro atoms. The van der Waals surface area contributed by atoms with Crippen molar-refractivity contribution >= 4 is 29.7 Å². The van der Waals surface area contributed by atoms with Crippen LogP contribution in [0.15, 0.2) is 18.2 Å². The molecule has 1 heterocycles. The standard InChI is InChI=1S/C14H18N2O.ClH/c17-14(10-3-1-4-10)16-12-6-7-13-11(9-12)5-2-8-15-13;/h6-7,9-10,15H,1-5,8H2,(H,16,17);1H. The molecule has 1 aromatic rings. The molecule has 1 aliphatic heterocycles. The van der Waals surface area contributed by atoms with Gasteiger partial charge >= 0.3 is 0 Å². The van der Waals surface area contributed by atoms with Gasteiger partial charge in [-0.15, -0.1) is 12.4 Å². The quantitative estimate of drug-likeness (QED) is 0.863. The second-order valence-electron chi connectivity index (χ2n) is 5.02. The van der Waals surface area contributed by atoms with Gasteiger partial charge in [-0.25, -0.2) is 0 Å². The zero-order valence-corrected chi connectivity index (χ0v) is 11.2. The molecule has 18 heavy (non-hydrogen) atoms. The maximum atomic E-state index is 11.8. The molecular weight excluding hydrogens is 248 g/mol. The zero-order valence-electron chi connectivity index (χ0n) is 10.4. The van der Waals surface area contributed by atoms with E-state index >= 15 is 0 Å². The summed E-state index contributed by atoms with van der Waals surface area (Å²) in [4.78, 5) is 11.8. The number of benzene rings is 1. The molecule has 1 amide bonds. The van der Waals surface area contributed by atoms with E-state index in [9.17, 15) is 4.79 Å². The molecular formula is C14H19ClN2O. The van der Waals surface area contributed by atoms with Crippen LogP contribution in [0, 0.1) is 5.92 Å². The Morgan fingerprint density at radius 2 is 2.11 bits per heavy atom. The van der Waals surface area contributed by atoms with Crippen molar-refractivity contribution < 1.29 is 4.79 Å². The topological polar surface area (TPSA) is 41.1 Å². The average Bonchev–Trinajstić information content (AvgIpc) is 2.26. The Bertz CT molecular complexity index is 443. The van der Waals surface area contributed by atoms with Crippen molar-refractivity contribution in [3.05, 3.63) is 23.8 Å². The molecule has 1 fully saturated rings. The van der Waals surface area contributed by atoms with Crippen LogP contribution in [-0.2, 0) is 11.2 Å². The molecule has 1 saturated carbocycles. The van der Waals surface area contributed by atoms with Crippen molar-refractivity contribution in [2.45, 2.75) is 32.1 Å². The molecule has 1 aromatic carbocycles. The van der Waals surface area contributed by atoms with Crippen LogP contribution in [0.2, 0.25) is 0 Å². The molecule has 0 radical (unpaired) electrons. The van der Waals surface area contributed by atoms with Gasteiger partial charge in [0.1, 0.15) is 0 Å². The van der Waals surface area contributed by atoms with Gasteiger partial charge in [0.05, 0.1) is 0 Å². The van der Waals surface area contributed by atoms with Crippen LogP contribution >= 0.6 is 12.4 Å². The number of fused-ring (bicyclic) bond motifs is 1. The van der Waals surface area contributed by atoms with Gasteiger partial charge in [-0.05, 0) is 49.4 Å². The summed E-state index contributed by atoms with van der Waals surface area (Å²) in [7, 11) is 0. The lowest BCUT2D eigenvalue weighted by atomic mass is 9.85. The van der Waals surface area contributed by atoms with E-state index in [4.69, 9.17) is 0 Å². The highest BCUT2D eigenvalue weighted by Crippen LogP contribution is 2.29. The monoisotopic (exact) mass is 266 g/mol. The molecule has 0 unspecified atom stereocenters.